The number of anilines is 1. The number of amides is 1. The summed E-state index contributed by atoms with van der Waals surface area (Å²) in [6, 6.07) is 9.95. The van der Waals surface area contributed by atoms with Crippen LogP contribution in [-0.2, 0) is 4.74 Å². The van der Waals surface area contributed by atoms with Crippen LogP contribution in [0.3, 0.4) is 0 Å². The van der Waals surface area contributed by atoms with Gasteiger partial charge in [-0.1, -0.05) is 18.2 Å². The fourth-order valence-corrected chi connectivity index (χ4v) is 3.69. The van der Waals surface area contributed by atoms with Gasteiger partial charge in [0.1, 0.15) is 6.10 Å². The number of carbonyl (C=O) groups excluding carboxylic acids is 1. The molecule has 1 unspecified atom stereocenters. The van der Waals surface area contributed by atoms with Gasteiger partial charge >= 0.3 is 6.09 Å². The summed E-state index contributed by atoms with van der Waals surface area (Å²) < 4.78 is 5.92. The van der Waals surface area contributed by atoms with Crippen LogP contribution in [0.4, 0.5) is 10.5 Å². The van der Waals surface area contributed by atoms with Gasteiger partial charge in [0.15, 0.2) is 0 Å². The van der Waals surface area contributed by atoms with E-state index in [4.69, 9.17) is 4.74 Å². The summed E-state index contributed by atoms with van der Waals surface area (Å²) in [5, 5.41) is 0. The van der Waals surface area contributed by atoms with Gasteiger partial charge in [-0.15, -0.1) is 0 Å². The Labute approximate surface area is 132 Å². The van der Waals surface area contributed by atoms with Crippen molar-refractivity contribution >= 4 is 11.8 Å². The number of hydrogen-bond acceptors (Lipinski definition) is 3. The molecular weight excluding hydrogens is 276 g/mol. The van der Waals surface area contributed by atoms with Gasteiger partial charge in [0.2, 0.25) is 0 Å². The van der Waals surface area contributed by atoms with Crippen LogP contribution in [-0.4, -0.2) is 43.3 Å². The number of rotatable bonds is 4. The van der Waals surface area contributed by atoms with Gasteiger partial charge in [0.25, 0.3) is 0 Å². The summed E-state index contributed by atoms with van der Waals surface area (Å²) in [5.74, 6) is 1.21. The van der Waals surface area contributed by atoms with Crippen molar-refractivity contribution in [1.29, 1.82) is 0 Å². The predicted molar refractivity (Wildman–Crippen MR) is 85.9 cm³/mol. The van der Waals surface area contributed by atoms with E-state index in [-0.39, 0.29) is 12.2 Å². The molecule has 4 fully saturated rings. The number of hydrogen-bond donors (Lipinski definition) is 0. The van der Waals surface area contributed by atoms with Gasteiger partial charge in [0.05, 0.1) is 0 Å². The maximum absolute atomic E-state index is 12.7. The number of benzene rings is 1. The molecule has 4 heteroatoms. The highest BCUT2D eigenvalue weighted by atomic mass is 16.6. The summed E-state index contributed by atoms with van der Waals surface area (Å²) in [6.45, 7) is 4.05. The first-order valence-electron chi connectivity index (χ1n) is 8.55. The molecule has 4 aliphatic rings. The first-order chi connectivity index (χ1) is 10.8. The zero-order valence-electron chi connectivity index (χ0n) is 13.0. The van der Waals surface area contributed by atoms with E-state index in [0.29, 0.717) is 11.8 Å². The van der Waals surface area contributed by atoms with Gasteiger partial charge in [-0.3, -0.25) is 9.80 Å². The Morgan fingerprint density at radius 1 is 1.14 bits per heavy atom. The van der Waals surface area contributed by atoms with Crippen molar-refractivity contribution < 1.29 is 9.53 Å². The highest BCUT2D eigenvalue weighted by molar-refractivity contribution is 5.87. The van der Waals surface area contributed by atoms with Crippen molar-refractivity contribution in [3.63, 3.8) is 0 Å². The molecule has 0 radical (unpaired) electrons. The predicted octanol–water partition coefficient (Wildman–Crippen LogP) is 3.13. The van der Waals surface area contributed by atoms with E-state index in [0.717, 1.165) is 18.8 Å². The summed E-state index contributed by atoms with van der Waals surface area (Å²) in [4.78, 5) is 17.0. The molecule has 3 heterocycles. The molecule has 118 valence electrons. The molecular formula is C18H24N2O2. The lowest BCUT2D eigenvalue weighted by Crippen LogP contribution is -2.53. The van der Waals surface area contributed by atoms with Crippen molar-refractivity contribution in [2.75, 3.05) is 31.1 Å². The molecule has 0 spiro atoms. The third kappa shape index (κ3) is 2.98. The summed E-state index contributed by atoms with van der Waals surface area (Å²) >= 11 is 0. The standard InChI is InChI=1S/C18H24N2O2/c21-18(22-17-13-19-10-8-15(17)9-11-19)20(12-14-6-7-14)16-4-2-1-3-5-16/h1-5,14-15,17H,6-13H2. The fraction of sp³-hybridized carbons (Fsp3) is 0.611. The zero-order valence-corrected chi connectivity index (χ0v) is 13.0. The quantitative estimate of drug-likeness (QED) is 0.856. The van der Waals surface area contributed by atoms with E-state index >= 15 is 0 Å². The summed E-state index contributed by atoms with van der Waals surface area (Å²) in [5.41, 5.74) is 0.959. The second-order valence-electron chi connectivity index (χ2n) is 6.95. The minimum absolute atomic E-state index is 0.0837. The molecule has 5 rings (SSSR count). The van der Waals surface area contributed by atoms with E-state index in [1.54, 1.807) is 0 Å². The number of ether oxygens (including phenoxy) is 1. The molecule has 1 amide bonds. The van der Waals surface area contributed by atoms with Crippen molar-refractivity contribution in [3.8, 4) is 0 Å². The highest BCUT2D eigenvalue weighted by Crippen LogP contribution is 2.33. The van der Waals surface area contributed by atoms with Crippen molar-refractivity contribution in [2.24, 2.45) is 11.8 Å². The first kappa shape index (κ1) is 14.1. The lowest BCUT2D eigenvalue weighted by atomic mass is 9.86. The summed E-state index contributed by atoms with van der Waals surface area (Å²) in [6.07, 6.45) is 4.74. The third-order valence-electron chi connectivity index (χ3n) is 5.27. The maximum atomic E-state index is 12.7. The van der Waals surface area contributed by atoms with Crippen LogP contribution in [0.1, 0.15) is 25.7 Å². The highest BCUT2D eigenvalue weighted by Gasteiger charge is 2.38. The molecule has 1 aromatic carbocycles. The lowest BCUT2D eigenvalue weighted by Gasteiger charge is -2.44. The lowest BCUT2D eigenvalue weighted by molar-refractivity contribution is -0.0310. The molecule has 3 saturated heterocycles. The van der Waals surface area contributed by atoms with Crippen LogP contribution in [0.5, 0.6) is 0 Å². The van der Waals surface area contributed by atoms with Crippen LogP contribution >= 0.6 is 0 Å². The van der Waals surface area contributed by atoms with Crippen molar-refractivity contribution in [2.45, 2.75) is 31.8 Å². The molecule has 4 nitrogen and oxygen atoms in total. The Morgan fingerprint density at radius 2 is 1.86 bits per heavy atom. The smallest absolute Gasteiger partial charge is 0.414 e. The molecule has 1 atom stereocenters. The largest absolute Gasteiger partial charge is 0.444 e. The zero-order chi connectivity index (χ0) is 14.9. The Hall–Kier alpha value is -1.55. The van der Waals surface area contributed by atoms with E-state index in [2.05, 4.69) is 4.90 Å². The van der Waals surface area contributed by atoms with Crippen LogP contribution in [0.2, 0.25) is 0 Å². The van der Waals surface area contributed by atoms with Crippen LogP contribution in [0.25, 0.3) is 0 Å². The first-order valence-corrected chi connectivity index (χ1v) is 8.55. The third-order valence-corrected chi connectivity index (χ3v) is 5.27. The average molecular weight is 300 g/mol. The van der Waals surface area contributed by atoms with E-state index in [1.165, 1.54) is 38.8 Å². The van der Waals surface area contributed by atoms with Gasteiger partial charge in [-0.2, -0.15) is 0 Å². The topological polar surface area (TPSA) is 32.8 Å². The fourth-order valence-electron chi connectivity index (χ4n) is 3.69. The van der Waals surface area contributed by atoms with Crippen LogP contribution in [0.15, 0.2) is 30.3 Å². The average Bonchev–Trinajstić information content (AvgIpc) is 3.39. The number of nitrogens with zero attached hydrogens (tertiary/aromatic N) is 2. The molecule has 0 N–H and O–H groups in total. The van der Waals surface area contributed by atoms with E-state index in [1.807, 2.05) is 35.2 Å². The number of piperidine rings is 3. The molecule has 0 aromatic heterocycles. The van der Waals surface area contributed by atoms with E-state index in [9.17, 15) is 4.79 Å². The Morgan fingerprint density at radius 3 is 2.45 bits per heavy atom. The molecule has 2 bridgehead atoms. The maximum Gasteiger partial charge on any atom is 0.414 e. The minimum Gasteiger partial charge on any atom is -0.444 e. The van der Waals surface area contributed by atoms with Crippen molar-refractivity contribution in [1.82, 2.24) is 4.90 Å². The molecule has 1 aliphatic carbocycles. The second kappa shape index (κ2) is 5.92. The molecule has 1 aromatic rings. The van der Waals surface area contributed by atoms with Crippen LogP contribution < -0.4 is 4.90 Å². The normalized spacial score (nSPS) is 30.1. The number of carbonyl (C=O) groups is 1. The van der Waals surface area contributed by atoms with Gasteiger partial charge in [0, 0.05) is 18.8 Å². The summed E-state index contributed by atoms with van der Waals surface area (Å²) in [7, 11) is 0. The Kier molecular flexibility index (Phi) is 3.78. The molecule has 22 heavy (non-hydrogen) atoms. The number of para-hydroxylation sites is 1. The Balaban J connectivity index is 1.46. The molecule has 1 saturated carbocycles. The van der Waals surface area contributed by atoms with Gasteiger partial charge < -0.3 is 4.74 Å². The minimum atomic E-state index is -0.156. The van der Waals surface area contributed by atoms with E-state index < -0.39 is 0 Å². The SMILES string of the molecule is O=C(OC1CN2CCC1CC2)N(CC1CC1)c1ccccc1. The van der Waals surface area contributed by atoms with Crippen molar-refractivity contribution in [3.05, 3.63) is 30.3 Å². The monoisotopic (exact) mass is 300 g/mol. The second-order valence-corrected chi connectivity index (χ2v) is 6.95. The molecule has 3 aliphatic heterocycles. The Bertz CT molecular complexity index is 521. The van der Waals surface area contributed by atoms with Crippen LogP contribution in [0, 0.1) is 11.8 Å². The van der Waals surface area contributed by atoms with Gasteiger partial charge in [-0.25, -0.2) is 4.79 Å². The number of fused-ring (bicyclic) bond motifs is 3. The van der Waals surface area contributed by atoms with Gasteiger partial charge in [-0.05, 0) is 62.7 Å².